The molecule has 0 radical (unpaired) electrons. The van der Waals surface area contributed by atoms with Gasteiger partial charge in [-0.05, 0) is 62.9 Å². The number of aromatic amines is 1. The van der Waals surface area contributed by atoms with E-state index in [1.165, 1.54) is 0 Å². The van der Waals surface area contributed by atoms with Crippen molar-refractivity contribution < 1.29 is 4.79 Å². The predicted octanol–water partition coefficient (Wildman–Crippen LogP) is 4.66. The molecule has 0 aliphatic carbocycles. The number of para-hydroxylation sites is 3. The molecule has 31 heavy (non-hydrogen) atoms. The number of imidazole rings is 1. The number of hydrogen-bond donors (Lipinski definition) is 1. The Hall–Kier alpha value is -3.41. The van der Waals surface area contributed by atoms with E-state index in [1.807, 2.05) is 59.0 Å². The highest BCUT2D eigenvalue weighted by Gasteiger charge is 2.32. The van der Waals surface area contributed by atoms with E-state index in [9.17, 15) is 4.79 Å². The molecule has 1 amide bonds. The monoisotopic (exact) mass is 413 g/mol. The zero-order valence-corrected chi connectivity index (χ0v) is 18.0. The van der Waals surface area contributed by atoms with Crippen molar-refractivity contribution in [2.75, 3.05) is 6.54 Å². The van der Waals surface area contributed by atoms with Gasteiger partial charge in [0.05, 0.1) is 28.5 Å². The quantitative estimate of drug-likeness (QED) is 0.517. The van der Waals surface area contributed by atoms with Crippen LogP contribution in [0.4, 0.5) is 0 Å². The second-order valence-corrected chi connectivity index (χ2v) is 8.28. The lowest BCUT2D eigenvalue weighted by Crippen LogP contribution is -2.31. The fourth-order valence-electron chi connectivity index (χ4n) is 4.71. The number of benzene rings is 2. The number of likely N-dealkylation sites (tertiary alicyclic amines) is 1. The first kappa shape index (κ1) is 19.5. The van der Waals surface area contributed by atoms with Crippen LogP contribution in [0.5, 0.6) is 0 Å². The van der Waals surface area contributed by atoms with Crippen LogP contribution in [0.25, 0.3) is 16.7 Å². The zero-order chi connectivity index (χ0) is 21.4. The smallest absolute Gasteiger partial charge is 0.223 e. The van der Waals surface area contributed by atoms with Crippen molar-refractivity contribution in [1.29, 1.82) is 0 Å². The van der Waals surface area contributed by atoms with Crippen LogP contribution in [-0.4, -0.2) is 37.1 Å². The largest absolute Gasteiger partial charge is 0.340 e. The third-order valence-electron chi connectivity index (χ3n) is 6.33. The number of carbonyl (C=O) groups excluding carboxylic acids is 1. The Kier molecular flexibility index (Phi) is 5.06. The Labute approximate surface area is 181 Å². The molecule has 4 aromatic rings. The van der Waals surface area contributed by atoms with Crippen LogP contribution in [0.3, 0.4) is 0 Å². The Balaban J connectivity index is 1.32. The van der Waals surface area contributed by atoms with Crippen LogP contribution in [0.1, 0.15) is 48.1 Å². The summed E-state index contributed by atoms with van der Waals surface area (Å²) in [5.74, 6) is 1.09. The first-order valence-corrected chi connectivity index (χ1v) is 11.0. The zero-order valence-electron chi connectivity index (χ0n) is 18.0. The lowest BCUT2D eigenvalue weighted by molar-refractivity contribution is -0.132. The molecule has 1 fully saturated rings. The number of fused-ring (bicyclic) bond motifs is 1. The molecule has 5 rings (SSSR count). The van der Waals surface area contributed by atoms with Gasteiger partial charge in [0.1, 0.15) is 5.82 Å². The van der Waals surface area contributed by atoms with Crippen molar-refractivity contribution in [2.45, 2.75) is 45.6 Å². The highest BCUT2D eigenvalue weighted by Crippen LogP contribution is 2.32. The van der Waals surface area contributed by atoms with Gasteiger partial charge in [-0.2, -0.15) is 5.10 Å². The van der Waals surface area contributed by atoms with Crippen molar-refractivity contribution >= 4 is 16.9 Å². The van der Waals surface area contributed by atoms with Gasteiger partial charge in [-0.25, -0.2) is 9.67 Å². The molecule has 1 unspecified atom stereocenters. The van der Waals surface area contributed by atoms with Crippen LogP contribution >= 0.6 is 0 Å². The number of amides is 1. The van der Waals surface area contributed by atoms with Gasteiger partial charge in [0.2, 0.25) is 5.91 Å². The lowest BCUT2D eigenvalue weighted by atomic mass is 10.1. The van der Waals surface area contributed by atoms with Crippen LogP contribution in [0.2, 0.25) is 0 Å². The molecule has 1 aliphatic heterocycles. The standard InChI is InChI=1S/C25H27N5O/c1-17-20(18(2)30(28-17)19-9-4-3-5-10-19)14-15-24(31)29-16-8-13-23(29)25-26-21-11-6-7-12-22(21)27-25/h3-7,9-12,23H,8,13-16H2,1-2H3,(H,26,27). The third kappa shape index (κ3) is 3.63. The molecule has 6 heteroatoms. The maximum Gasteiger partial charge on any atom is 0.223 e. The number of aromatic nitrogens is 4. The van der Waals surface area contributed by atoms with Crippen molar-refractivity contribution in [3.63, 3.8) is 0 Å². The van der Waals surface area contributed by atoms with Gasteiger partial charge in [0.15, 0.2) is 0 Å². The van der Waals surface area contributed by atoms with E-state index in [4.69, 9.17) is 10.1 Å². The molecule has 1 atom stereocenters. The van der Waals surface area contributed by atoms with Crippen LogP contribution in [-0.2, 0) is 11.2 Å². The van der Waals surface area contributed by atoms with Crippen molar-refractivity contribution in [3.05, 3.63) is 77.4 Å². The van der Waals surface area contributed by atoms with Crippen LogP contribution in [0, 0.1) is 13.8 Å². The van der Waals surface area contributed by atoms with Crippen LogP contribution in [0.15, 0.2) is 54.6 Å². The van der Waals surface area contributed by atoms with Crippen molar-refractivity contribution in [3.8, 4) is 5.69 Å². The summed E-state index contributed by atoms with van der Waals surface area (Å²) >= 11 is 0. The van der Waals surface area contributed by atoms with Gasteiger partial charge >= 0.3 is 0 Å². The fourth-order valence-corrected chi connectivity index (χ4v) is 4.71. The second kappa shape index (κ2) is 8.02. The summed E-state index contributed by atoms with van der Waals surface area (Å²) in [7, 11) is 0. The number of nitrogens with one attached hydrogen (secondary N) is 1. The first-order chi connectivity index (χ1) is 15.1. The summed E-state index contributed by atoms with van der Waals surface area (Å²) in [6.07, 6.45) is 3.15. The van der Waals surface area contributed by atoms with Gasteiger partial charge in [0.25, 0.3) is 0 Å². The minimum absolute atomic E-state index is 0.0362. The number of hydrogen-bond acceptors (Lipinski definition) is 3. The van der Waals surface area contributed by atoms with Crippen LogP contribution < -0.4 is 0 Å². The highest BCUT2D eigenvalue weighted by atomic mass is 16.2. The van der Waals surface area contributed by atoms with Gasteiger partial charge in [-0.1, -0.05) is 30.3 Å². The molecule has 0 spiro atoms. The first-order valence-electron chi connectivity index (χ1n) is 11.0. The summed E-state index contributed by atoms with van der Waals surface area (Å²) in [5.41, 5.74) is 6.28. The molecule has 1 aliphatic rings. The second-order valence-electron chi connectivity index (χ2n) is 8.28. The summed E-state index contributed by atoms with van der Waals surface area (Å²) in [4.78, 5) is 23.3. The van der Waals surface area contributed by atoms with Crippen molar-refractivity contribution in [2.24, 2.45) is 0 Å². The van der Waals surface area contributed by atoms with Gasteiger partial charge < -0.3 is 9.88 Å². The van der Waals surface area contributed by atoms with Crippen molar-refractivity contribution in [1.82, 2.24) is 24.6 Å². The minimum Gasteiger partial charge on any atom is -0.340 e. The molecule has 1 saturated heterocycles. The normalized spacial score (nSPS) is 16.3. The van der Waals surface area contributed by atoms with E-state index in [-0.39, 0.29) is 11.9 Å². The number of aryl methyl sites for hydroxylation is 1. The molecular formula is C25H27N5O. The van der Waals surface area contributed by atoms with Gasteiger partial charge in [0, 0.05) is 18.7 Å². The molecule has 0 saturated carbocycles. The van der Waals surface area contributed by atoms with Gasteiger partial charge in [-0.3, -0.25) is 4.79 Å². The van der Waals surface area contributed by atoms with E-state index in [0.29, 0.717) is 12.8 Å². The minimum atomic E-state index is 0.0362. The number of H-pyrrole nitrogens is 1. The summed E-state index contributed by atoms with van der Waals surface area (Å²) in [5, 5.41) is 4.72. The molecule has 6 nitrogen and oxygen atoms in total. The SMILES string of the molecule is Cc1nn(-c2ccccc2)c(C)c1CCC(=O)N1CCCC1c1nc2ccccc2[nH]1. The average Bonchev–Trinajstić information content (AvgIpc) is 3.50. The number of rotatable bonds is 5. The maximum absolute atomic E-state index is 13.2. The van der Waals surface area contributed by atoms with Gasteiger partial charge in [-0.15, -0.1) is 0 Å². The average molecular weight is 414 g/mol. The summed E-state index contributed by atoms with van der Waals surface area (Å²) in [6, 6.07) is 18.2. The number of nitrogens with zero attached hydrogens (tertiary/aromatic N) is 4. The third-order valence-corrected chi connectivity index (χ3v) is 6.33. The lowest BCUT2D eigenvalue weighted by Gasteiger charge is -2.23. The fraction of sp³-hybridized carbons (Fsp3) is 0.320. The maximum atomic E-state index is 13.2. The van der Waals surface area contributed by atoms with E-state index in [1.54, 1.807) is 0 Å². The van der Waals surface area contributed by atoms with E-state index in [0.717, 1.165) is 58.9 Å². The van der Waals surface area contributed by atoms with E-state index < -0.39 is 0 Å². The molecule has 2 aromatic heterocycles. The molecule has 0 bridgehead atoms. The highest BCUT2D eigenvalue weighted by molar-refractivity contribution is 5.78. The Bertz CT molecular complexity index is 1190. The van der Waals surface area contributed by atoms with E-state index >= 15 is 0 Å². The van der Waals surface area contributed by atoms with E-state index in [2.05, 4.69) is 24.0 Å². The Morgan fingerprint density at radius 1 is 1.10 bits per heavy atom. The molecule has 2 aromatic carbocycles. The molecule has 158 valence electrons. The topological polar surface area (TPSA) is 66.8 Å². The molecular weight excluding hydrogens is 386 g/mol. The summed E-state index contributed by atoms with van der Waals surface area (Å²) < 4.78 is 1.97. The molecule has 1 N–H and O–H groups in total. The molecule has 3 heterocycles. The predicted molar refractivity (Wildman–Crippen MR) is 121 cm³/mol. The Morgan fingerprint density at radius 2 is 1.87 bits per heavy atom. The Morgan fingerprint density at radius 3 is 2.68 bits per heavy atom. The number of carbonyl (C=O) groups is 1. The summed E-state index contributed by atoms with van der Waals surface area (Å²) in [6.45, 7) is 4.90.